The molecule has 0 saturated carbocycles. The van der Waals surface area contributed by atoms with Crippen molar-refractivity contribution in [2.45, 2.75) is 45.1 Å². The van der Waals surface area contributed by atoms with Crippen LogP contribution in [0, 0.1) is 0 Å². The van der Waals surface area contributed by atoms with E-state index in [1.807, 2.05) is 35.8 Å². The highest BCUT2D eigenvalue weighted by Crippen LogP contribution is 2.31. The van der Waals surface area contributed by atoms with Crippen molar-refractivity contribution in [3.05, 3.63) is 64.1 Å². The summed E-state index contributed by atoms with van der Waals surface area (Å²) in [5.41, 5.74) is 1.45. The lowest BCUT2D eigenvalue weighted by molar-refractivity contribution is 0.0693. The van der Waals surface area contributed by atoms with Gasteiger partial charge in [-0.05, 0) is 50.7 Å². The Kier molecular flexibility index (Phi) is 6.51. The summed E-state index contributed by atoms with van der Waals surface area (Å²) in [6.45, 7) is 5.98. The summed E-state index contributed by atoms with van der Waals surface area (Å²) >= 11 is 0. The number of likely N-dealkylation sites (N-methyl/N-ethyl adjacent to an activating group) is 1. The van der Waals surface area contributed by atoms with Crippen molar-refractivity contribution in [3.63, 3.8) is 0 Å². The Bertz CT molecular complexity index is 1210. The minimum Gasteiger partial charge on any atom is -0.477 e. The summed E-state index contributed by atoms with van der Waals surface area (Å²) in [7, 11) is 4.17. The number of anilines is 1. The first-order valence-corrected chi connectivity index (χ1v) is 11.6. The molecule has 3 heterocycles. The molecule has 1 saturated heterocycles. The van der Waals surface area contributed by atoms with Crippen molar-refractivity contribution in [1.82, 2.24) is 14.5 Å². The number of rotatable bonds is 8. The molecule has 33 heavy (non-hydrogen) atoms. The van der Waals surface area contributed by atoms with Crippen molar-refractivity contribution in [2.24, 2.45) is 0 Å². The molecule has 174 valence electrons. The molecule has 0 spiro atoms. The molecule has 2 aromatic heterocycles. The van der Waals surface area contributed by atoms with Crippen molar-refractivity contribution < 1.29 is 9.90 Å². The van der Waals surface area contributed by atoms with E-state index in [-0.39, 0.29) is 11.5 Å². The Hall–Kier alpha value is -3.19. The van der Waals surface area contributed by atoms with E-state index in [9.17, 15) is 14.7 Å². The molecule has 1 fully saturated rings. The van der Waals surface area contributed by atoms with E-state index in [4.69, 9.17) is 4.98 Å². The van der Waals surface area contributed by atoms with Gasteiger partial charge >= 0.3 is 5.97 Å². The lowest BCUT2D eigenvalue weighted by Crippen LogP contribution is -2.57. The zero-order valence-electron chi connectivity index (χ0n) is 19.8. The zero-order chi connectivity index (χ0) is 23.7. The van der Waals surface area contributed by atoms with Crippen LogP contribution in [0.2, 0.25) is 0 Å². The van der Waals surface area contributed by atoms with Crippen LogP contribution in [0.1, 0.15) is 55.1 Å². The van der Waals surface area contributed by atoms with Gasteiger partial charge in [-0.2, -0.15) is 0 Å². The van der Waals surface area contributed by atoms with Crippen LogP contribution >= 0.6 is 0 Å². The molecule has 7 nitrogen and oxygen atoms in total. The van der Waals surface area contributed by atoms with Crippen LogP contribution in [0.15, 0.2) is 47.4 Å². The van der Waals surface area contributed by atoms with E-state index in [0.717, 1.165) is 43.9 Å². The fourth-order valence-electron chi connectivity index (χ4n) is 4.62. The van der Waals surface area contributed by atoms with E-state index in [2.05, 4.69) is 30.8 Å². The zero-order valence-corrected chi connectivity index (χ0v) is 19.8. The van der Waals surface area contributed by atoms with Crippen LogP contribution in [-0.4, -0.2) is 58.8 Å². The molecule has 1 aromatic carbocycles. The minimum atomic E-state index is -1.18. The number of para-hydroxylation sites is 1. The quantitative estimate of drug-likeness (QED) is 0.558. The predicted octanol–water partition coefficient (Wildman–Crippen LogP) is 4.13. The third-order valence-electron chi connectivity index (χ3n) is 6.69. The number of aromatic carboxylic acids is 1. The van der Waals surface area contributed by atoms with E-state index < -0.39 is 11.4 Å². The summed E-state index contributed by atoms with van der Waals surface area (Å²) in [6.07, 6.45) is 4.56. The van der Waals surface area contributed by atoms with Crippen molar-refractivity contribution in [3.8, 4) is 5.69 Å². The first-order chi connectivity index (χ1) is 15.8. The largest absolute Gasteiger partial charge is 0.477 e. The standard InChI is InChI=1S/C26H32N4O3/c1-5-6-9-17(2)24-23(26(32)33)25(31)20-10-7-8-11-21(20)30(24)18-12-13-22(27-14-18)29-15-19(16-29)28(3)4/h7-8,10-14,17,19H,5-6,9,15-16H2,1-4H3,(H,32,33). The highest BCUT2D eigenvalue weighted by atomic mass is 16.4. The lowest BCUT2D eigenvalue weighted by atomic mass is 9.93. The van der Waals surface area contributed by atoms with Gasteiger partial charge in [0, 0.05) is 30.2 Å². The molecule has 0 amide bonds. The second kappa shape index (κ2) is 9.35. The molecule has 1 aliphatic rings. The number of benzene rings is 1. The number of hydrogen-bond donors (Lipinski definition) is 1. The van der Waals surface area contributed by atoms with Gasteiger partial charge in [0.1, 0.15) is 11.4 Å². The minimum absolute atomic E-state index is 0.0933. The molecule has 0 radical (unpaired) electrons. The number of hydrogen-bond acceptors (Lipinski definition) is 5. The van der Waals surface area contributed by atoms with Crippen LogP contribution in [0.3, 0.4) is 0 Å². The van der Waals surface area contributed by atoms with Gasteiger partial charge in [-0.25, -0.2) is 9.78 Å². The summed E-state index contributed by atoms with van der Waals surface area (Å²) in [6, 6.07) is 11.7. The van der Waals surface area contributed by atoms with Crippen molar-refractivity contribution in [1.29, 1.82) is 0 Å². The van der Waals surface area contributed by atoms with Crippen LogP contribution in [0.4, 0.5) is 5.82 Å². The van der Waals surface area contributed by atoms with Gasteiger partial charge in [-0.1, -0.05) is 38.8 Å². The average Bonchev–Trinajstić information content (AvgIpc) is 2.76. The molecule has 0 aliphatic carbocycles. The topological polar surface area (TPSA) is 78.7 Å². The smallest absolute Gasteiger partial charge is 0.341 e. The normalized spacial score (nSPS) is 15.1. The fourth-order valence-corrected chi connectivity index (χ4v) is 4.62. The summed E-state index contributed by atoms with van der Waals surface area (Å²) in [5, 5.41) is 10.4. The average molecular weight is 449 g/mol. The Morgan fingerprint density at radius 2 is 1.94 bits per heavy atom. The van der Waals surface area contributed by atoms with Gasteiger partial charge in [0.25, 0.3) is 0 Å². The molecular weight excluding hydrogens is 416 g/mol. The van der Waals surface area contributed by atoms with Gasteiger partial charge in [0.05, 0.1) is 17.4 Å². The maximum Gasteiger partial charge on any atom is 0.341 e. The molecular formula is C26H32N4O3. The third-order valence-corrected chi connectivity index (χ3v) is 6.69. The van der Waals surface area contributed by atoms with Crippen LogP contribution in [0.25, 0.3) is 16.6 Å². The number of carboxylic acid groups (broad SMARTS) is 1. The Morgan fingerprint density at radius 3 is 2.55 bits per heavy atom. The molecule has 1 unspecified atom stereocenters. The van der Waals surface area contributed by atoms with Crippen molar-refractivity contribution >= 4 is 22.7 Å². The Balaban J connectivity index is 1.86. The second-order valence-electron chi connectivity index (χ2n) is 9.19. The highest BCUT2D eigenvalue weighted by molar-refractivity contribution is 5.95. The van der Waals surface area contributed by atoms with Crippen LogP contribution < -0.4 is 10.3 Å². The Labute approximate surface area is 194 Å². The monoisotopic (exact) mass is 448 g/mol. The number of carbonyl (C=O) groups is 1. The molecule has 1 atom stereocenters. The lowest BCUT2D eigenvalue weighted by Gasteiger charge is -2.43. The molecule has 1 aliphatic heterocycles. The first kappa shape index (κ1) is 23.0. The molecule has 7 heteroatoms. The second-order valence-corrected chi connectivity index (χ2v) is 9.19. The molecule has 3 aromatic rings. The molecule has 0 bridgehead atoms. The molecule has 1 N–H and O–H groups in total. The predicted molar refractivity (Wildman–Crippen MR) is 132 cm³/mol. The van der Waals surface area contributed by atoms with E-state index in [1.165, 1.54) is 0 Å². The van der Waals surface area contributed by atoms with Crippen LogP contribution in [0.5, 0.6) is 0 Å². The van der Waals surface area contributed by atoms with Crippen LogP contribution in [-0.2, 0) is 0 Å². The van der Waals surface area contributed by atoms with E-state index in [1.54, 1.807) is 18.3 Å². The van der Waals surface area contributed by atoms with E-state index >= 15 is 0 Å². The fraction of sp³-hybridized carbons (Fsp3) is 0.423. The number of fused-ring (bicyclic) bond motifs is 1. The highest BCUT2D eigenvalue weighted by Gasteiger charge is 2.30. The van der Waals surface area contributed by atoms with E-state index in [0.29, 0.717) is 22.6 Å². The summed E-state index contributed by atoms with van der Waals surface area (Å²) in [4.78, 5) is 34.6. The molecule has 4 rings (SSSR count). The van der Waals surface area contributed by atoms with Gasteiger partial charge in [-0.15, -0.1) is 0 Å². The maximum atomic E-state index is 13.2. The van der Waals surface area contributed by atoms with Gasteiger partial charge in [0.15, 0.2) is 0 Å². The number of nitrogens with zero attached hydrogens (tertiary/aromatic N) is 4. The SMILES string of the molecule is CCCCC(C)c1c(C(=O)O)c(=O)c2ccccc2n1-c1ccc(N2CC(N(C)C)C2)nc1. The van der Waals surface area contributed by atoms with Gasteiger partial charge in [0.2, 0.25) is 5.43 Å². The number of pyridine rings is 2. The number of unbranched alkanes of at least 4 members (excludes halogenated alkanes) is 1. The van der Waals surface area contributed by atoms with Crippen molar-refractivity contribution in [2.75, 3.05) is 32.1 Å². The maximum absolute atomic E-state index is 13.2. The van der Waals surface area contributed by atoms with Gasteiger partial charge in [-0.3, -0.25) is 4.79 Å². The number of aromatic nitrogens is 2. The summed E-state index contributed by atoms with van der Waals surface area (Å²) < 4.78 is 1.93. The first-order valence-electron chi connectivity index (χ1n) is 11.6. The Morgan fingerprint density at radius 1 is 1.21 bits per heavy atom. The van der Waals surface area contributed by atoms with Gasteiger partial charge < -0.3 is 19.5 Å². The third kappa shape index (κ3) is 4.25. The number of carboxylic acids is 1. The summed E-state index contributed by atoms with van der Waals surface area (Å²) in [5.74, 6) is -0.372.